The van der Waals surface area contributed by atoms with E-state index in [9.17, 15) is 18.6 Å². The standard InChI is InChI=1S/C26H36N12O5S/c1-4-38-33-23(32-34-38)21-19(39)20(40)25(43-21)37-14-29-18-22(28-11-9-15-5-7-17(8-6-15)44(27,41)42)30-26(31-24(18)37)36-12-10-16(13-36)35(2)3/h5-8,14,16,19-21,25,39-40H,4,9-13H2,1-3H3,(H2,27,41,42)(H,28,30,31)/t16-,19-,20+,21-,25+/m0/s1. The Morgan fingerprint density at radius 3 is 2.59 bits per heavy atom. The first-order valence-electron chi connectivity index (χ1n) is 14.3. The highest BCUT2D eigenvalue weighted by Gasteiger charge is 2.47. The molecule has 4 aromatic rings. The number of anilines is 2. The van der Waals surface area contributed by atoms with E-state index in [0.717, 1.165) is 25.1 Å². The van der Waals surface area contributed by atoms with Gasteiger partial charge in [-0.25, -0.2) is 18.5 Å². The van der Waals surface area contributed by atoms with Crippen LogP contribution in [-0.4, -0.2) is 115 Å². The number of nitrogens with one attached hydrogen (secondary N) is 1. The van der Waals surface area contributed by atoms with Crippen LogP contribution in [0.3, 0.4) is 0 Å². The number of fused-ring (bicyclic) bond motifs is 1. The Bertz CT molecular complexity index is 1730. The van der Waals surface area contributed by atoms with Crippen molar-refractivity contribution in [2.24, 2.45) is 5.14 Å². The van der Waals surface area contributed by atoms with Crippen LogP contribution in [0.2, 0.25) is 0 Å². The highest BCUT2D eigenvalue weighted by molar-refractivity contribution is 7.89. The molecule has 2 saturated heterocycles. The number of likely N-dealkylation sites (N-methyl/N-ethyl adjacent to an activating group) is 1. The Morgan fingerprint density at radius 2 is 1.93 bits per heavy atom. The molecule has 0 bridgehead atoms. The van der Waals surface area contributed by atoms with Crippen molar-refractivity contribution in [3.63, 3.8) is 0 Å². The van der Waals surface area contributed by atoms with Gasteiger partial charge < -0.3 is 30.1 Å². The van der Waals surface area contributed by atoms with Crippen molar-refractivity contribution in [2.75, 3.05) is 43.9 Å². The van der Waals surface area contributed by atoms with Crippen LogP contribution in [0.4, 0.5) is 11.8 Å². The minimum Gasteiger partial charge on any atom is -0.387 e. The van der Waals surface area contributed by atoms with Gasteiger partial charge in [0, 0.05) is 25.7 Å². The lowest BCUT2D eigenvalue weighted by Gasteiger charge is -2.21. The SMILES string of the molecule is CCn1nnc([C@H]2O[C@@H](n3cnc4c(NCCc5ccc(S(N)(=O)=O)cc5)nc(N5CC[C@H](N(C)C)C5)nc43)[C@H](O)[C@@H]2O)n1. The molecule has 5 N–H and O–H groups in total. The molecule has 18 heteroatoms. The fraction of sp³-hybridized carbons (Fsp3) is 0.538. The molecule has 0 unspecified atom stereocenters. The highest BCUT2D eigenvalue weighted by Crippen LogP contribution is 2.39. The summed E-state index contributed by atoms with van der Waals surface area (Å²) in [6, 6.07) is 6.74. The van der Waals surface area contributed by atoms with Gasteiger partial charge in [0.2, 0.25) is 21.8 Å². The number of sulfonamides is 1. The third-order valence-electron chi connectivity index (χ3n) is 8.06. The maximum Gasteiger partial charge on any atom is 0.238 e. The van der Waals surface area contributed by atoms with Gasteiger partial charge in [0.25, 0.3) is 0 Å². The topological polar surface area (TPSA) is 216 Å². The summed E-state index contributed by atoms with van der Waals surface area (Å²) in [6.45, 7) is 4.33. The van der Waals surface area contributed by atoms with Gasteiger partial charge >= 0.3 is 0 Å². The van der Waals surface area contributed by atoms with E-state index in [1.807, 2.05) is 21.0 Å². The summed E-state index contributed by atoms with van der Waals surface area (Å²) in [7, 11) is 0.325. The second kappa shape index (κ2) is 11.9. The van der Waals surface area contributed by atoms with Crippen LogP contribution in [0.1, 0.15) is 37.1 Å². The first kappa shape index (κ1) is 30.2. The average Bonchev–Trinajstić information content (AvgIpc) is 3.80. The maximum absolute atomic E-state index is 11.6. The van der Waals surface area contributed by atoms with Crippen molar-refractivity contribution < 1.29 is 23.4 Å². The first-order chi connectivity index (χ1) is 21.0. The smallest absolute Gasteiger partial charge is 0.238 e. The zero-order valence-electron chi connectivity index (χ0n) is 24.6. The third kappa shape index (κ3) is 5.83. The van der Waals surface area contributed by atoms with E-state index in [0.29, 0.717) is 48.5 Å². The Balaban J connectivity index is 1.29. The number of primary sulfonamides is 1. The number of imidazole rings is 1. The van der Waals surface area contributed by atoms with E-state index >= 15 is 0 Å². The minimum atomic E-state index is -3.77. The molecule has 0 saturated carbocycles. The van der Waals surface area contributed by atoms with Crippen molar-refractivity contribution >= 4 is 33.0 Å². The molecule has 6 rings (SSSR count). The maximum atomic E-state index is 11.6. The number of tetrazole rings is 1. The number of benzene rings is 1. The molecule has 2 aliphatic rings. The summed E-state index contributed by atoms with van der Waals surface area (Å²) in [6.07, 6.45) is -1.60. The molecule has 236 valence electrons. The lowest BCUT2D eigenvalue weighted by Crippen LogP contribution is -2.32. The molecular formula is C26H36N12O5S. The molecular weight excluding hydrogens is 592 g/mol. The van der Waals surface area contributed by atoms with Crippen molar-refractivity contribution in [3.8, 4) is 0 Å². The number of hydrogen-bond donors (Lipinski definition) is 4. The molecule has 2 fully saturated rings. The molecule has 3 aromatic heterocycles. The van der Waals surface area contributed by atoms with Crippen LogP contribution >= 0.6 is 0 Å². The number of aliphatic hydroxyl groups is 2. The average molecular weight is 629 g/mol. The normalized spacial score (nSPS) is 24.2. The molecule has 0 aliphatic carbocycles. The fourth-order valence-electron chi connectivity index (χ4n) is 5.48. The van der Waals surface area contributed by atoms with Crippen molar-refractivity contribution in [3.05, 3.63) is 42.0 Å². The zero-order chi connectivity index (χ0) is 31.2. The zero-order valence-corrected chi connectivity index (χ0v) is 25.4. The summed E-state index contributed by atoms with van der Waals surface area (Å²) < 4.78 is 30.9. The number of nitrogens with two attached hydrogens (primary N) is 1. The van der Waals surface area contributed by atoms with E-state index < -0.39 is 34.6 Å². The number of nitrogens with zero attached hydrogens (tertiary/aromatic N) is 10. The van der Waals surface area contributed by atoms with Crippen molar-refractivity contribution in [1.82, 2.24) is 44.6 Å². The Hall–Kier alpha value is -3.81. The van der Waals surface area contributed by atoms with E-state index in [1.165, 1.54) is 23.3 Å². The van der Waals surface area contributed by atoms with Gasteiger partial charge in [-0.05, 0) is 56.8 Å². The molecule has 44 heavy (non-hydrogen) atoms. The van der Waals surface area contributed by atoms with Gasteiger partial charge in [-0.3, -0.25) is 4.57 Å². The van der Waals surface area contributed by atoms with E-state index in [4.69, 9.17) is 19.8 Å². The molecule has 0 amide bonds. The molecule has 0 spiro atoms. The Labute approximate surface area is 253 Å². The van der Waals surface area contributed by atoms with Crippen LogP contribution in [0.25, 0.3) is 11.2 Å². The van der Waals surface area contributed by atoms with Gasteiger partial charge in [-0.2, -0.15) is 14.8 Å². The highest BCUT2D eigenvalue weighted by atomic mass is 32.2. The van der Waals surface area contributed by atoms with Crippen molar-refractivity contribution in [2.45, 2.75) is 61.8 Å². The molecule has 5 heterocycles. The van der Waals surface area contributed by atoms with Gasteiger partial charge in [0.15, 0.2) is 29.3 Å². The largest absolute Gasteiger partial charge is 0.387 e. The van der Waals surface area contributed by atoms with Crippen LogP contribution in [0.5, 0.6) is 0 Å². The lowest BCUT2D eigenvalue weighted by atomic mass is 10.1. The molecule has 5 atom stereocenters. The second-order valence-corrected chi connectivity index (χ2v) is 12.7. The number of ether oxygens (including phenoxy) is 1. The summed E-state index contributed by atoms with van der Waals surface area (Å²) in [5.41, 5.74) is 1.79. The van der Waals surface area contributed by atoms with E-state index in [1.54, 1.807) is 16.7 Å². The second-order valence-electron chi connectivity index (χ2n) is 11.2. The summed E-state index contributed by atoms with van der Waals surface area (Å²) in [4.78, 5) is 20.0. The predicted octanol–water partition coefficient (Wildman–Crippen LogP) is -0.733. The number of aryl methyl sites for hydroxylation is 1. The fourth-order valence-corrected chi connectivity index (χ4v) is 5.99. The summed E-state index contributed by atoms with van der Waals surface area (Å²) in [5, 5.41) is 42.6. The number of hydrogen-bond acceptors (Lipinski definition) is 14. The number of rotatable bonds is 10. The van der Waals surface area contributed by atoms with Crippen LogP contribution < -0.4 is 15.4 Å². The first-order valence-corrected chi connectivity index (χ1v) is 15.9. The van der Waals surface area contributed by atoms with Crippen LogP contribution in [0.15, 0.2) is 35.5 Å². The molecule has 17 nitrogen and oxygen atoms in total. The van der Waals surface area contributed by atoms with Crippen LogP contribution in [0, 0.1) is 0 Å². The van der Waals surface area contributed by atoms with E-state index in [-0.39, 0.29) is 10.7 Å². The molecule has 2 aliphatic heterocycles. The van der Waals surface area contributed by atoms with Crippen LogP contribution in [-0.2, 0) is 27.7 Å². The monoisotopic (exact) mass is 628 g/mol. The third-order valence-corrected chi connectivity index (χ3v) is 8.99. The lowest BCUT2D eigenvalue weighted by molar-refractivity contribution is -0.0384. The number of aromatic nitrogens is 8. The molecule has 0 radical (unpaired) electrons. The van der Waals surface area contributed by atoms with E-state index in [2.05, 4.69) is 35.5 Å². The number of aliphatic hydroxyl groups excluding tert-OH is 2. The van der Waals surface area contributed by atoms with Gasteiger partial charge in [0.1, 0.15) is 12.2 Å². The van der Waals surface area contributed by atoms with Gasteiger partial charge in [-0.1, -0.05) is 12.1 Å². The molecule has 1 aromatic carbocycles. The summed E-state index contributed by atoms with van der Waals surface area (Å²) >= 11 is 0. The summed E-state index contributed by atoms with van der Waals surface area (Å²) in [5.74, 6) is 1.17. The Morgan fingerprint density at radius 1 is 1.16 bits per heavy atom. The quantitative estimate of drug-likeness (QED) is 0.170. The predicted molar refractivity (Wildman–Crippen MR) is 158 cm³/mol. The van der Waals surface area contributed by atoms with Crippen molar-refractivity contribution in [1.29, 1.82) is 0 Å². The minimum absolute atomic E-state index is 0.0537. The van der Waals surface area contributed by atoms with Gasteiger partial charge in [0.05, 0.1) is 17.8 Å². The Kier molecular flexibility index (Phi) is 8.20. The van der Waals surface area contributed by atoms with Gasteiger partial charge in [-0.15, -0.1) is 10.2 Å².